The minimum Gasteiger partial charge on any atom is -0.482 e. The maximum atomic E-state index is 12.0. The summed E-state index contributed by atoms with van der Waals surface area (Å²) in [6, 6.07) is 5.99. The second kappa shape index (κ2) is 9.19. The lowest BCUT2D eigenvalue weighted by atomic mass is 9.73. The van der Waals surface area contributed by atoms with E-state index in [4.69, 9.17) is 14.6 Å². The van der Waals surface area contributed by atoms with Crippen LogP contribution in [0.15, 0.2) is 18.2 Å². The highest BCUT2D eigenvalue weighted by molar-refractivity contribution is 5.74. The molecule has 0 aromatic heterocycles. The van der Waals surface area contributed by atoms with Crippen molar-refractivity contribution in [1.82, 2.24) is 0 Å². The molecule has 2 saturated carbocycles. The van der Waals surface area contributed by atoms with E-state index >= 15 is 0 Å². The van der Waals surface area contributed by atoms with Crippen molar-refractivity contribution in [3.05, 3.63) is 29.3 Å². The molecule has 7 atom stereocenters. The van der Waals surface area contributed by atoms with Crippen LogP contribution < -0.4 is 4.74 Å². The Morgan fingerprint density at radius 3 is 2.68 bits per heavy atom. The molecule has 1 aromatic carbocycles. The smallest absolute Gasteiger partial charge is 0.341 e. The maximum Gasteiger partial charge on any atom is 0.341 e. The van der Waals surface area contributed by atoms with E-state index in [1.54, 1.807) is 0 Å². The highest BCUT2D eigenvalue weighted by Crippen LogP contribution is 2.49. The Bertz CT molecular complexity index is 818. The maximum absolute atomic E-state index is 12.0. The van der Waals surface area contributed by atoms with E-state index in [2.05, 4.69) is 13.0 Å². The quantitative estimate of drug-likeness (QED) is 0.581. The number of aliphatic hydroxyl groups excluding tert-OH is 1. The summed E-state index contributed by atoms with van der Waals surface area (Å²) in [6.07, 6.45) is 6.19. The predicted octanol–water partition coefficient (Wildman–Crippen LogP) is 3.62. The Balaban J connectivity index is 1.39. The van der Waals surface area contributed by atoms with Crippen molar-refractivity contribution >= 4 is 11.9 Å². The number of rotatable bonds is 9. The highest BCUT2D eigenvalue weighted by atomic mass is 16.6. The van der Waals surface area contributed by atoms with Gasteiger partial charge in [0.15, 0.2) is 6.61 Å². The van der Waals surface area contributed by atoms with Crippen LogP contribution in [0.2, 0.25) is 0 Å². The Kier molecular flexibility index (Phi) is 6.56. The Morgan fingerprint density at radius 2 is 2.00 bits per heavy atom. The fourth-order valence-corrected chi connectivity index (χ4v) is 5.87. The molecule has 31 heavy (non-hydrogen) atoms. The zero-order valence-corrected chi connectivity index (χ0v) is 18.5. The average Bonchev–Trinajstić information content (AvgIpc) is 3.33. The third kappa shape index (κ3) is 5.05. The van der Waals surface area contributed by atoms with Crippen molar-refractivity contribution in [1.29, 1.82) is 0 Å². The zero-order valence-electron chi connectivity index (χ0n) is 18.5. The number of ether oxygens (including phenoxy) is 2. The van der Waals surface area contributed by atoms with Crippen LogP contribution in [-0.2, 0) is 27.2 Å². The average molecular weight is 431 g/mol. The summed E-state index contributed by atoms with van der Waals surface area (Å²) < 4.78 is 11.2. The molecule has 0 spiro atoms. The van der Waals surface area contributed by atoms with Gasteiger partial charge in [-0.2, -0.15) is 0 Å². The Morgan fingerprint density at radius 1 is 1.23 bits per heavy atom. The standard InChI is InChI=1S/C25H34O6/c1-14-10-19(14)23(31-25(29)15(2)26)9-8-16-6-7-18-12-21-17(11-20(16)18)4-3-5-22(21)30-13-24(27)28/h3-5,14-16,18-20,23,26H,6-13H2,1-2H3,(H,27,28)/t14?,15-,16+,18?,19?,20?,23+/m0/s1. The fourth-order valence-electron chi connectivity index (χ4n) is 5.87. The number of hydrogen-bond acceptors (Lipinski definition) is 5. The van der Waals surface area contributed by atoms with Crippen LogP contribution in [-0.4, -0.2) is 41.0 Å². The van der Waals surface area contributed by atoms with E-state index in [-0.39, 0.29) is 12.7 Å². The summed E-state index contributed by atoms with van der Waals surface area (Å²) in [6.45, 7) is 3.35. The fraction of sp³-hybridized carbons (Fsp3) is 0.680. The van der Waals surface area contributed by atoms with Gasteiger partial charge in [0.25, 0.3) is 0 Å². The molecule has 4 rings (SSSR count). The number of carboxylic acid groups (broad SMARTS) is 1. The lowest BCUT2D eigenvalue weighted by Gasteiger charge is -2.32. The number of carbonyl (C=O) groups is 2. The van der Waals surface area contributed by atoms with E-state index < -0.39 is 18.0 Å². The number of hydrogen-bond donors (Lipinski definition) is 2. The minimum absolute atomic E-state index is 0.0805. The van der Waals surface area contributed by atoms with E-state index in [1.807, 2.05) is 12.1 Å². The van der Waals surface area contributed by atoms with Gasteiger partial charge in [-0.3, -0.25) is 0 Å². The summed E-state index contributed by atoms with van der Waals surface area (Å²) in [5.74, 6) is 2.11. The molecule has 0 aliphatic heterocycles. The molecule has 3 aliphatic rings. The molecule has 0 amide bonds. The summed E-state index contributed by atoms with van der Waals surface area (Å²) in [7, 11) is 0. The van der Waals surface area contributed by atoms with Crippen LogP contribution >= 0.6 is 0 Å². The molecule has 0 saturated heterocycles. The molecule has 0 bridgehead atoms. The van der Waals surface area contributed by atoms with Crippen molar-refractivity contribution < 1.29 is 29.3 Å². The second-order valence-corrected chi connectivity index (χ2v) is 9.85. The van der Waals surface area contributed by atoms with Crippen molar-refractivity contribution in [2.45, 2.75) is 71.0 Å². The lowest BCUT2D eigenvalue weighted by molar-refractivity contribution is -0.160. The van der Waals surface area contributed by atoms with Gasteiger partial charge in [-0.05, 0) is 98.7 Å². The van der Waals surface area contributed by atoms with Crippen molar-refractivity contribution in [3.63, 3.8) is 0 Å². The van der Waals surface area contributed by atoms with E-state index in [1.165, 1.54) is 30.9 Å². The molecular formula is C25H34O6. The Labute approximate surface area is 183 Å². The molecule has 6 nitrogen and oxygen atoms in total. The van der Waals surface area contributed by atoms with Gasteiger partial charge in [-0.25, -0.2) is 9.59 Å². The summed E-state index contributed by atoms with van der Waals surface area (Å²) in [4.78, 5) is 22.9. The first-order valence-electron chi connectivity index (χ1n) is 11.7. The first-order chi connectivity index (χ1) is 14.8. The number of carbonyl (C=O) groups excluding carboxylic acids is 1. The van der Waals surface area contributed by atoms with Gasteiger partial charge in [-0.15, -0.1) is 0 Å². The van der Waals surface area contributed by atoms with Gasteiger partial charge in [0.2, 0.25) is 0 Å². The van der Waals surface area contributed by atoms with Gasteiger partial charge < -0.3 is 19.7 Å². The number of esters is 1. The lowest BCUT2D eigenvalue weighted by Crippen LogP contribution is -2.29. The zero-order chi connectivity index (χ0) is 22.1. The second-order valence-electron chi connectivity index (χ2n) is 9.85. The molecule has 3 aliphatic carbocycles. The molecule has 0 radical (unpaired) electrons. The van der Waals surface area contributed by atoms with E-state index in [0.717, 1.165) is 37.9 Å². The molecule has 1 aromatic rings. The molecule has 4 unspecified atom stereocenters. The van der Waals surface area contributed by atoms with Crippen LogP contribution in [0.4, 0.5) is 0 Å². The van der Waals surface area contributed by atoms with Gasteiger partial charge >= 0.3 is 11.9 Å². The SMILES string of the molecule is CC1CC1[C@@H](CC[C@H]1CCC2Cc3c(cccc3OCC(=O)O)CC21)OC(=O)[C@H](C)O. The van der Waals surface area contributed by atoms with Crippen LogP contribution in [0.5, 0.6) is 5.75 Å². The van der Waals surface area contributed by atoms with Crippen molar-refractivity contribution in [2.24, 2.45) is 29.6 Å². The summed E-state index contributed by atoms with van der Waals surface area (Å²) >= 11 is 0. The van der Waals surface area contributed by atoms with Gasteiger partial charge in [0, 0.05) is 0 Å². The van der Waals surface area contributed by atoms with Crippen molar-refractivity contribution in [3.8, 4) is 5.75 Å². The number of aliphatic hydroxyl groups is 1. The summed E-state index contributed by atoms with van der Waals surface area (Å²) in [5.41, 5.74) is 2.46. The van der Waals surface area contributed by atoms with Crippen LogP contribution in [0.3, 0.4) is 0 Å². The topological polar surface area (TPSA) is 93.1 Å². The first kappa shape index (κ1) is 22.1. The van der Waals surface area contributed by atoms with E-state index in [9.17, 15) is 14.7 Å². The van der Waals surface area contributed by atoms with Crippen LogP contribution in [0.25, 0.3) is 0 Å². The van der Waals surface area contributed by atoms with E-state index in [0.29, 0.717) is 29.6 Å². The number of carboxylic acids is 1. The van der Waals surface area contributed by atoms with Gasteiger partial charge in [-0.1, -0.05) is 19.1 Å². The third-order valence-corrected chi connectivity index (χ3v) is 7.70. The predicted molar refractivity (Wildman–Crippen MR) is 115 cm³/mol. The monoisotopic (exact) mass is 430 g/mol. The third-order valence-electron chi connectivity index (χ3n) is 7.70. The number of benzene rings is 1. The number of aliphatic carboxylic acids is 1. The minimum atomic E-state index is -1.07. The molecule has 0 heterocycles. The molecule has 2 N–H and O–H groups in total. The molecule has 6 heteroatoms. The molecule has 2 fully saturated rings. The van der Waals surface area contributed by atoms with Gasteiger partial charge in [0.1, 0.15) is 18.0 Å². The molecular weight excluding hydrogens is 396 g/mol. The van der Waals surface area contributed by atoms with Crippen LogP contribution in [0, 0.1) is 29.6 Å². The number of fused-ring (bicyclic) bond motifs is 2. The summed E-state index contributed by atoms with van der Waals surface area (Å²) in [5, 5.41) is 18.5. The largest absolute Gasteiger partial charge is 0.482 e. The first-order valence-corrected chi connectivity index (χ1v) is 11.7. The van der Waals surface area contributed by atoms with Crippen LogP contribution in [0.1, 0.15) is 57.1 Å². The molecule has 170 valence electrons. The Hall–Kier alpha value is -2.08. The normalized spacial score (nSPS) is 30.6. The van der Waals surface area contributed by atoms with Gasteiger partial charge in [0.05, 0.1) is 0 Å². The van der Waals surface area contributed by atoms with Crippen molar-refractivity contribution in [2.75, 3.05) is 6.61 Å². The highest BCUT2D eigenvalue weighted by Gasteiger charge is 2.44.